The van der Waals surface area contributed by atoms with Crippen LogP contribution in [0.25, 0.3) is 0 Å². The highest BCUT2D eigenvalue weighted by Crippen LogP contribution is 2.19. The number of thioether (sulfide) groups is 1. The Balaban J connectivity index is 1.89. The number of aryl methyl sites for hydroxylation is 1. The molecule has 0 aliphatic heterocycles. The fraction of sp³-hybridized carbons (Fsp3) is 0.333. The van der Waals surface area contributed by atoms with Crippen LogP contribution < -0.4 is 11.3 Å². The molecule has 1 aromatic heterocycles. The number of halogens is 1. The van der Waals surface area contributed by atoms with E-state index in [1.165, 1.54) is 18.5 Å². The summed E-state index contributed by atoms with van der Waals surface area (Å²) in [4.78, 5) is 5.18. The van der Waals surface area contributed by atoms with Crippen molar-refractivity contribution in [2.24, 2.45) is 12.9 Å². The van der Waals surface area contributed by atoms with Crippen molar-refractivity contribution in [1.82, 2.24) is 20.2 Å². The third-order valence-electron chi connectivity index (χ3n) is 2.73. The van der Waals surface area contributed by atoms with Gasteiger partial charge in [-0.3, -0.25) is 16.0 Å². The minimum atomic E-state index is -0.225. The lowest BCUT2D eigenvalue weighted by Crippen LogP contribution is -2.39. The summed E-state index contributed by atoms with van der Waals surface area (Å²) in [7, 11) is 1.85. The van der Waals surface area contributed by atoms with Crippen LogP contribution in [0.15, 0.2) is 35.5 Å². The van der Waals surface area contributed by atoms with Gasteiger partial charge in [-0.05, 0) is 24.3 Å². The lowest BCUT2D eigenvalue weighted by Gasteiger charge is -2.14. The molecule has 0 aliphatic carbocycles. The Hall–Kier alpha value is -1.44. The normalized spacial score (nSPS) is 12.6. The molecule has 0 radical (unpaired) electrons. The Morgan fingerprint density at radius 1 is 1.42 bits per heavy atom. The van der Waals surface area contributed by atoms with Gasteiger partial charge in [0.15, 0.2) is 0 Å². The number of nitrogens with one attached hydrogen (secondary N) is 1. The molecule has 0 bridgehead atoms. The number of benzene rings is 1. The van der Waals surface area contributed by atoms with E-state index in [0.29, 0.717) is 6.42 Å². The van der Waals surface area contributed by atoms with E-state index in [9.17, 15) is 4.39 Å². The third kappa shape index (κ3) is 4.02. The third-order valence-corrected chi connectivity index (χ3v) is 3.91. The SMILES string of the molecule is Cn1ncnc1CC(CSc1ccc(F)cc1)NN. The molecule has 0 spiro atoms. The van der Waals surface area contributed by atoms with E-state index >= 15 is 0 Å². The van der Waals surface area contributed by atoms with E-state index < -0.39 is 0 Å². The molecule has 0 fully saturated rings. The first-order valence-corrected chi connectivity index (χ1v) is 6.85. The topological polar surface area (TPSA) is 68.8 Å². The van der Waals surface area contributed by atoms with Gasteiger partial charge in [0.25, 0.3) is 0 Å². The summed E-state index contributed by atoms with van der Waals surface area (Å²) in [5.41, 5.74) is 2.77. The van der Waals surface area contributed by atoms with E-state index in [4.69, 9.17) is 5.84 Å². The number of hydrogen-bond donors (Lipinski definition) is 2. The number of hydrogen-bond acceptors (Lipinski definition) is 5. The predicted octanol–water partition coefficient (Wildman–Crippen LogP) is 1.12. The van der Waals surface area contributed by atoms with Gasteiger partial charge in [0.05, 0.1) is 0 Å². The zero-order chi connectivity index (χ0) is 13.7. The van der Waals surface area contributed by atoms with Crippen LogP contribution >= 0.6 is 11.8 Å². The maximum atomic E-state index is 12.8. The van der Waals surface area contributed by atoms with Crippen molar-refractivity contribution in [2.75, 3.05) is 5.75 Å². The molecule has 2 aromatic rings. The second kappa shape index (κ2) is 6.65. The Morgan fingerprint density at radius 3 is 2.74 bits per heavy atom. The van der Waals surface area contributed by atoms with E-state index in [2.05, 4.69) is 15.5 Å². The van der Waals surface area contributed by atoms with Gasteiger partial charge in [-0.1, -0.05) is 0 Å². The molecule has 19 heavy (non-hydrogen) atoms. The number of aromatic nitrogens is 3. The van der Waals surface area contributed by atoms with E-state index in [-0.39, 0.29) is 11.9 Å². The van der Waals surface area contributed by atoms with Gasteiger partial charge in [0, 0.05) is 30.2 Å². The van der Waals surface area contributed by atoms with Crippen molar-refractivity contribution in [2.45, 2.75) is 17.4 Å². The minimum Gasteiger partial charge on any atom is -0.271 e. The van der Waals surface area contributed by atoms with Gasteiger partial charge < -0.3 is 0 Å². The molecule has 102 valence electrons. The second-order valence-electron chi connectivity index (χ2n) is 4.13. The number of nitrogens with two attached hydrogens (primary N) is 1. The monoisotopic (exact) mass is 281 g/mol. The van der Waals surface area contributed by atoms with E-state index in [1.807, 2.05) is 7.05 Å². The van der Waals surface area contributed by atoms with Crippen molar-refractivity contribution in [1.29, 1.82) is 0 Å². The molecule has 5 nitrogen and oxygen atoms in total. The van der Waals surface area contributed by atoms with Crippen molar-refractivity contribution in [3.63, 3.8) is 0 Å². The smallest absolute Gasteiger partial charge is 0.138 e. The summed E-state index contributed by atoms with van der Waals surface area (Å²) >= 11 is 1.62. The molecular formula is C12H16FN5S. The molecule has 1 heterocycles. The Labute approximate surface area is 115 Å². The van der Waals surface area contributed by atoms with Gasteiger partial charge in [0.2, 0.25) is 0 Å². The average molecular weight is 281 g/mol. The van der Waals surface area contributed by atoms with Crippen LogP contribution in [0, 0.1) is 5.82 Å². The van der Waals surface area contributed by atoms with Crippen LogP contribution in [-0.4, -0.2) is 26.6 Å². The van der Waals surface area contributed by atoms with Gasteiger partial charge in [-0.2, -0.15) is 5.10 Å². The van der Waals surface area contributed by atoms with Crippen molar-refractivity contribution in [3.8, 4) is 0 Å². The van der Waals surface area contributed by atoms with Crippen molar-refractivity contribution in [3.05, 3.63) is 42.2 Å². The summed E-state index contributed by atoms with van der Waals surface area (Å²) in [6.45, 7) is 0. The van der Waals surface area contributed by atoms with Gasteiger partial charge in [-0.25, -0.2) is 9.37 Å². The van der Waals surface area contributed by atoms with Crippen LogP contribution in [0.4, 0.5) is 4.39 Å². The molecule has 7 heteroatoms. The Kier molecular flexibility index (Phi) is 4.89. The van der Waals surface area contributed by atoms with Gasteiger partial charge in [-0.15, -0.1) is 11.8 Å². The summed E-state index contributed by atoms with van der Waals surface area (Å²) in [5.74, 6) is 6.97. The number of nitrogens with zero attached hydrogens (tertiary/aromatic N) is 3. The van der Waals surface area contributed by atoms with Gasteiger partial charge >= 0.3 is 0 Å². The lowest BCUT2D eigenvalue weighted by molar-refractivity contribution is 0.544. The highest BCUT2D eigenvalue weighted by molar-refractivity contribution is 7.99. The van der Waals surface area contributed by atoms with E-state index in [0.717, 1.165) is 16.5 Å². The number of rotatable bonds is 6. The predicted molar refractivity (Wildman–Crippen MR) is 72.9 cm³/mol. The standard InChI is InChI=1S/C12H16FN5S/c1-18-12(15-8-16-18)6-10(17-14)7-19-11-4-2-9(13)3-5-11/h2-5,8,10,17H,6-7,14H2,1H3. The van der Waals surface area contributed by atoms with Crippen molar-refractivity contribution < 1.29 is 4.39 Å². The molecular weight excluding hydrogens is 265 g/mol. The number of hydrazine groups is 1. The van der Waals surface area contributed by atoms with Crippen LogP contribution in [0.2, 0.25) is 0 Å². The summed E-state index contributed by atoms with van der Waals surface area (Å²) in [6.07, 6.45) is 2.22. The van der Waals surface area contributed by atoms with Gasteiger partial charge in [0.1, 0.15) is 18.0 Å². The molecule has 0 saturated heterocycles. The quantitative estimate of drug-likeness (QED) is 0.472. The Morgan fingerprint density at radius 2 is 2.16 bits per heavy atom. The fourth-order valence-corrected chi connectivity index (χ4v) is 2.56. The van der Waals surface area contributed by atoms with Crippen molar-refractivity contribution >= 4 is 11.8 Å². The first-order chi connectivity index (χ1) is 9.19. The maximum absolute atomic E-state index is 12.8. The zero-order valence-electron chi connectivity index (χ0n) is 10.6. The lowest BCUT2D eigenvalue weighted by atomic mass is 10.2. The summed E-state index contributed by atoms with van der Waals surface area (Å²) in [5, 5.41) is 4.02. The molecule has 1 aromatic carbocycles. The van der Waals surface area contributed by atoms with Crippen LogP contribution in [-0.2, 0) is 13.5 Å². The van der Waals surface area contributed by atoms with E-state index in [1.54, 1.807) is 28.6 Å². The van der Waals surface area contributed by atoms with Crippen LogP contribution in [0.5, 0.6) is 0 Å². The largest absolute Gasteiger partial charge is 0.271 e. The molecule has 1 unspecified atom stereocenters. The first kappa shape index (κ1) is 14.0. The minimum absolute atomic E-state index is 0.0814. The highest BCUT2D eigenvalue weighted by Gasteiger charge is 2.12. The maximum Gasteiger partial charge on any atom is 0.138 e. The molecule has 0 aliphatic rings. The molecule has 3 N–H and O–H groups in total. The second-order valence-corrected chi connectivity index (χ2v) is 5.23. The molecule has 0 amide bonds. The Bertz CT molecular complexity index is 513. The zero-order valence-corrected chi connectivity index (χ0v) is 11.4. The van der Waals surface area contributed by atoms with Crippen LogP contribution in [0.3, 0.4) is 0 Å². The first-order valence-electron chi connectivity index (χ1n) is 5.86. The average Bonchev–Trinajstić information content (AvgIpc) is 2.82. The molecule has 1 atom stereocenters. The fourth-order valence-electron chi connectivity index (χ4n) is 1.62. The molecule has 0 saturated carbocycles. The highest BCUT2D eigenvalue weighted by atomic mass is 32.2. The summed E-state index contributed by atoms with van der Waals surface area (Å²) in [6, 6.07) is 6.51. The van der Waals surface area contributed by atoms with Crippen LogP contribution in [0.1, 0.15) is 5.82 Å². The molecule has 2 rings (SSSR count). The summed E-state index contributed by atoms with van der Waals surface area (Å²) < 4.78 is 14.5.